The van der Waals surface area contributed by atoms with Crippen LogP contribution in [0.3, 0.4) is 0 Å². The van der Waals surface area contributed by atoms with Crippen molar-refractivity contribution in [2.24, 2.45) is 0 Å². The maximum absolute atomic E-state index is 11.7. The lowest BCUT2D eigenvalue weighted by Crippen LogP contribution is -2.43. The van der Waals surface area contributed by atoms with Crippen molar-refractivity contribution in [1.29, 1.82) is 0 Å². The predicted molar refractivity (Wildman–Crippen MR) is 208 cm³/mol. The highest BCUT2D eigenvalue weighted by Gasteiger charge is 2.19. The van der Waals surface area contributed by atoms with Gasteiger partial charge >= 0.3 is 5.97 Å². The van der Waals surface area contributed by atoms with Crippen molar-refractivity contribution >= 4 is 17.8 Å². The van der Waals surface area contributed by atoms with Gasteiger partial charge in [-0.1, -0.05) is 133 Å². The second-order valence-electron chi connectivity index (χ2n) is 10.4. The number of carbonyl (C=O) groups excluding carboxylic acids is 2. The summed E-state index contributed by atoms with van der Waals surface area (Å²) in [6, 6.07) is 28.9. The minimum atomic E-state index is -0.814. The summed E-state index contributed by atoms with van der Waals surface area (Å²) < 4.78 is 0. The van der Waals surface area contributed by atoms with Gasteiger partial charge < -0.3 is 30.9 Å². The fourth-order valence-corrected chi connectivity index (χ4v) is 4.11. The first-order valence-electron chi connectivity index (χ1n) is 17.3. The van der Waals surface area contributed by atoms with Gasteiger partial charge in [-0.3, -0.25) is 14.4 Å². The maximum Gasteiger partial charge on any atom is 0.321 e. The molecule has 0 saturated heterocycles. The molecule has 0 fully saturated rings. The fourth-order valence-electron chi connectivity index (χ4n) is 4.11. The molecule has 2 amide bonds. The summed E-state index contributed by atoms with van der Waals surface area (Å²) >= 11 is 0. The molecule has 3 aromatic rings. The summed E-state index contributed by atoms with van der Waals surface area (Å²) in [5.41, 5.74) is 3.38. The maximum atomic E-state index is 11.7. The van der Waals surface area contributed by atoms with Crippen LogP contribution in [0.5, 0.6) is 0 Å². The van der Waals surface area contributed by atoms with Gasteiger partial charge in [0.1, 0.15) is 6.04 Å². The van der Waals surface area contributed by atoms with Gasteiger partial charge in [-0.15, -0.1) is 0 Å². The van der Waals surface area contributed by atoms with E-state index in [1.807, 2.05) is 147 Å². The fraction of sp³-hybridized carbons (Fsp3) is 0.475. The molecule has 3 unspecified atom stereocenters. The van der Waals surface area contributed by atoms with Crippen LogP contribution >= 0.6 is 0 Å². The number of nitrogens with one attached hydrogen (secondary N) is 3. The number of nitrogens with zero attached hydrogens (tertiary/aromatic N) is 2. The first kappa shape index (κ1) is 49.3. The Morgan fingerprint density at radius 3 is 0.898 bits per heavy atom. The Morgan fingerprint density at radius 1 is 0.490 bits per heavy atom. The third-order valence-electron chi connectivity index (χ3n) is 6.67. The standard InChI is InChI=1S/2C12H18N2O.C10H13NO2.3C2H6/c2*1-13-11(12(15)14(2)3)9-10-7-5-4-6-8-10;1-11-9(10(12)13)7-8-5-3-2-4-6-8;3*1-2/h2*4-8,11,13H,9H2,1-3H3;2-6,9,11H,7H2,1H3,(H,12,13);3*1-2H3. The highest BCUT2D eigenvalue weighted by molar-refractivity contribution is 5.82. The predicted octanol–water partition coefficient (Wildman–Crippen LogP) is 5.79. The number of benzene rings is 3. The quantitative estimate of drug-likeness (QED) is 0.191. The molecule has 9 nitrogen and oxygen atoms in total. The van der Waals surface area contributed by atoms with Crippen LogP contribution in [-0.2, 0) is 33.6 Å². The monoisotopic (exact) mass is 682 g/mol. The summed E-state index contributed by atoms with van der Waals surface area (Å²) in [5, 5.41) is 17.6. The minimum absolute atomic E-state index is 0.112. The molecule has 0 heterocycles. The van der Waals surface area contributed by atoms with Crippen molar-refractivity contribution in [3.63, 3.8) is 0 Å². The minimum Gasteiger partial charge on any atom is -0.480 e. The van der Waals surface area contributed by atoms with E-state index >= 15 is 0 Å². The Kier molecular flexibility index (Phi) is 32.7. The SMILES string of the molecule is CC.CC.CC.CNC(Cc1ccccc1)C(=O)N(C)C.CNC(Cc1ccccc1)C(=O)N(C)C.CNC(Cc1ccccc1)C(=O)O. The molecule has 9 heteroatoms. The Morgan fingerprint density at radius 2 is 0.714 bits per heavy atom. The van der Waals surface area contributed by atoms with Crippen molar-refractivity contribution in [3.8, 4) is 0 Å². The van der Waals surface area contributed by atoms with Gasteiger partial charge in [0.2, 0.25) is 11.8 Å². The summed E-state index contributed by atoms with van der Waals surface area (Å²) in [7, 11) is 12.4. The molecule has 3 atom stereocenters. The van der Waals surface area contributed by atoms with Crippen molar-refractivity contribution in [1.82, 2.24) is 25.8 Å². The van der Waals surface area contributed by atoms with E-state index in [-0.39, 0.29) is 23.9 Å². The summed E-state index contributed by atoms with van der Waals surface area (Å²) in [6.45, 7) is 12.0. The van der Waals surface area contributed by atoms with E-state index in [0.717, 1.165) is 18.4 Å². The van der Waals surface area contributed by atoms with E-state index in [2.05, 4.69) is 16.0 Å². The summed E-state index contributed by atoms with van der Waals surface area (Å²) in [5.74, 6) is -0.589. The lowest BCUT2D eigenvalue weighted by atomic mass is 10.1. The Labute approximate surface area is 298 Å². The molecule has 276 valence electrons. The zero-order valence-electron chi connectivity index (χ0n) is 32.6. The molecule has 49 heavy (non-hydrogen) atoms. The molecular weight excluding hydrogens is 614 g/mol. The van der Waals surface area contributed by atoms with Crippen LogP contribution in [0.2, 0.25) is 0 Å². The van der Waals surface area contributed by atoms with Gasteiger partial charge in [0.25, 0.3) is 0 Å². The van der Waals surface area contributed by atoms with Crippen LogP contribution in [-0.4, -0.2) is 100 Å². The van der Waals surface area contributed by atoms with Gasteiger partial charge in [-0.25, -0.2) is 0 Å². The first-order chi connectivity index (χ1) is 23.5. The Bertz CT molecular complexity index is 1130. The number of amides is 2. The van der Waals surface area contributed by atoms with E-state index in [1.165, 1.54) is 11.1 Å². The average Bonchev–Trinajstić information content (AvgIpc) is 3.15. The zero-order chi connectivity index (χ0) is 38.2. The van der Waals surface area contributed by atoms with E-state index < -0.39 is 12.0 Å². The van der Waals surface area contributed by atoms with E-state index in [9.17, 15) is 14.4 Å². The Balaban J connectivity index is -0.000000601. The van der Waals surface area contributed by atoms with E-state index in [4.69, 9.17) is 5.11 Å². The molecule has 0 bridgehead atoms. The summed E-state index contributed by atoms with van der Waals surface area (Å²) in [6.07, 6.45) is 1.98. The number of likely N-dealkylation sites (N-methyl/N-ethyl adjacent to an activating group) is 5. The van der Waals surface area contributed by atoms with Crippen LogP contribution in [0.25, 0.3) is 0 Å². The third kappa shape index (κ3) is 23.0. The number of rotatable bonds is 12. The highest BCUT2D eigenvalue weighted by Crippen LogP contribution is 2.06. The molecule has 0 aliphatic heterocycles. The molecular formula is C40H67N5O4. The highest BCUT2D eigenvalue weighted by atomic mass is 16.4. The van der Waals surface area contributed by atoms with Crippen molar-refractivity contribution in [3.05, 3.63) is 108 Å². The van der Waals surface area contributed by atoms with Crippen LogP contribution in [0.1, 0.15) is 58.2 Å². The van der Waals surface area contributed by atoms with Gasteiger partial charge in [0, 0.05) is 28.2 Å². The molecule has 0 aliphatic rings. The zero-order valence-corrected chi connectivity index (χ0v) is 32.6. The van der Waals surface area contributed by atoms with Crippen molar-refractivity contribution < 1.29 is 19.5 Å². The van der Waals surface area contributed by atoms with Crippen LogP contribution < -0.4 is 16.0 Å². The van der Waals surface area contributed by atoms with Crippen molar-refractivity contribution in [2.45, 2.75) is 78.9 Å². The lowest BCUT2D eigenvalue weighted by Gasteiger charge is -2.19. The average molecular weight is 682 g/mol. The lowest BCUT2D eigenvalue weighted by molar-refractivity contribution is -0.139. The third-order valence-corrected chi connectivity index (χ3v) is 6.67. The number of carboxylic acids is 1. The molecule has 0 radical (unpaired) electrons. The number of hydrogen-bond donors (Lipinski definition) is 4. The second-order valence-corrected chi connectivity index (χ2v) is 10.4. The van der Waals surface area contributed by atoms with Crippen LogP contribution in [0.4, 0.5) is 0 Å². The largest absolute Gasteiger partial charge is 0.480 e. The van der Waals surface area contributed by atoms with E-state index in [0.29, 0.717) is 6.42 Å². The topological polar surface area (TPSA) is 114 Å². The molecule has 0 aliphatic carbocycles. The molecule has 0 aromatic heterocycles. The number of carbonyl (C=O) groups is 3. The number of hydrogen-bond acceptors (Lipinski definition) is 6. The first-order valence-corrected chi connectivity index (χ1v) is 17.3. The molecule has 3 aromatic carbocycles. The Hall–Kier alpha value is -4.05. The van der Waals surface area contributed by atoms with Gasteiger partial charge in [0.05, 0.1) is 12.1 Å². The van der Waals surface area contributed by atoms with Gasteiger partial charge in [0.15, 0.2) is 0 Å². The molecule has 0 saturated carbocycles. The number of carboxylic acid groups (broad SMARTS) is 1. The normalized spacial score (nSPS) is 11.1. The van der Waals surface area contributed by atoms with Crippen molar-refractivity contribution in [2.75, 3.05) is 49.3 Å². The van der Waals surface area contributed by atoms with Crippen LogP contribution in [0.15, 0.2) is 91.0 Å². The smallest absolute Gasteiger partial charge is 0.321 e. The molecule has 3 rings (SSSR count). The summed E-state index contributed by atoms with van der Waals surface area (Å²) in [4.78, 5) is 37.4. The molecule has 4 N–H and O–H groups in total. The molecule has 0 spiro atoms. The number of aliphatic carboxylic acids is 1. The van der Waals surface area contributed by atoms with Gasteiger partial charge in [-0.2, -0.15) is 0 Å². The van der Waals surface area contributed by atoms with Crippen LogP contribution in [0, 0.1) is 0 Å². The van der Waals surface area contributed by atoms with Gasteiger partial charge in [-0.05, 0) is 57.1 Å². The van der Waals surface area contributed by atoms with E-state index in [1.54, 1.807) is 45.0 Å². The second kappa shape index (κ2) is 32.5.